The van der Waals surface area contributed by atoms with Crippen LogP contribution in [0.25, 0.3) is 11.1 Å². The van der Waals surface area contributed by atoms with Gasteiger partial charge in [0.1, 0.15) is 23.4 Å². The summed E-state index contributed by atoms with van der Waals surface area (Å²) in [5, 5.41) is 8.74. The number of hydrogen-bond acceptors (Lipinski definition) is 3. The number of rotatable bonds is 6. The molecule has 5 heteroatoms. The molecular formula is C23H19FO4. The minimum Gasteiger partial charge on any atom is -0.486 e. The van der Waals surface area contributed by atoms with E-state index >= 15 is 0 Å². The molecule has 0 radical (unpaired) electrons. The lowest BCUT2D eigenvalue weighted by atomic mass is 10.00. The summed E-state index contributed by atoms with van der Waals surface area (Å²) in [6.07, 6.45) is 1.65. The van der Waals surface area contributed by atoms with Crippen LogP contribution in [0.5, 0.6) is 11.5 Å². The van der Waals surface area contributed by atoms with Gasteiger partial charge in [0.15, 0.2) is 6.61 Å². The molecule has 1 aliphatic carbocycles. The highest BCUT2D eigenvalue weighted by molar-refractivity contribution is 5.68. The van der Waals surface area contributed by atoms with Crippen LogP contribution in [-0.2, 0) is 11.2 Å². The smallest absolute Gasteiger partial charge is 0.341 e. The van der Waals surface area contributed by atoms with Crippen molar-refractivity contribution in [1.29, 1.82) is 0 Å². The minimum atomic E-state index is -1.03. The fourth-order valence-electron chi connectivity index (χ4n) is 3.48. The van der Waals surface area contributed by atoms with Crippen molar-refractivity contribution in [2.75, 3.05) is 6.61 Å². The first kappa shape index (κ1) is 18.0. The van der Waals surface area contributed by atoms with Crippen molar-refractivity contribution in [2.45, 2.75) is 18.9 Å². The fourth-order valence-corrected chi connectivity index (χ4v) is 3.48. The molecule has 28 heavy (non-hydrogen) atoms. The second kappa shape index (κ2) is 7.72. The lowest BCUT2D eigenvalue weighted by Gasteiger charge is -2.16. The van der Waals surface area contributed by atoms with Gasteiger partial charge in [-0.2, -0.15) is 0 Å². The van der Waals surface area contributed by atoms with Gasteiger partial charge in [0.05, 0.1) is 0 Å². The topological polar surface area (TPSA) is 55.8 Å². The molecule has 0 aromatic heterocycles. The normalized spacial score (nSPS) is 15.1. The molecule has 3 aromatic rings. The molecule has 0 aliphatic heterocycles. The minimum absolute atomic E-state index is 0.113. The van der Waals surface area contributed by atoms with Crippen LogP contribution in [0.4, 0.5) is 4.39 Å². The summed E-state index contributed by atoms with van der Waals surface area (Å²) in [5.74, 6) is -0.214. The highest BCUT2D eigenvalue weighted by Gasteiger charge is 2.25. The molecule has 0 bridgehead atoms. The van der Waals surface area contributed by atoms with Gasteiger partial charge in [-0.05, 0) is 65.4 Å². The number of carboxylic acids is 1. The summed E-state index contributed by atoms with van der Waals surface area (Å²) in [4.78, 5) is 10.7. The van der Waals surface area contributed by atoms with Crippen LogP contribution in [0.3, 0.4) is 0 Å². The monoisotopic (exact) mass is 378 g/mol. The van der Waals surface area contributed by atoms with Crippen molar-refractivity contribution in [1.82, 2.24) is 0 Å². The molecular weight excluding hydrogens is 359 g/mol. The summed E-state index contributed by atoms with van der Waals surface area (Å²) < 4.78 is 24.9. The highest BCUT2D eigenvalue weighted by Crippen LogP contribution is 2.38. The zero-order valence-corrected chi connectivity index (χ0v) is 15.1. The maximum atomic E-state index is 13.6. The second-order valence-electron chi connectivity index (χ2n) is 6.73. The van der Waals surface area contributed by atoms with Gasteiger partial charge in [0.2, 0.25) is 0 Å². The lowest BCUT2D eigenvalue weighted by Crippen LogP contribution is -2.09. The Kier molecular flexibility index (Phi) is 4.98. The largest absolute Gasteiger partial charge is 0.486 e. The van der Waals surface area contributed by atoms with E-state index in [0.717, 1.165) is 29.5 Å². The SMILES string of the molecule is O=C(O)COc1cccc(O[C@@H]2CCc3ccc(-c4cccc(F)c4)cc32)c1. The molecule has 0 fully saturated rings. The van der Waals surface area contributed by atoms with Gasteiger partial charge in [-0.3, -0.25) is 0 Å². The number of carboxylic acid groups (broad SMARTS) is 1. The summed E-state index contributed by atoms with van der Waals surface area (Å²) >= 11 is 0. The molecule has 0 amide bonds. The molecule has 1 N–H and O–H groups in total. The molecule has 0 saturated carbocycles. The third-order valence-electron chi connectivity index (χ3n) is 4.77. The summed E-state index contributed by atoms with van der Waals surface area (Å²) in [6.45, 7) is -0.396. The molecule has 4 rings (SSSR count). The number of benzene rings is 3. The van der Waals surface area contributed by atoms with Gasteiger partial charge in [-0.25, -0.2) is 9.18 Å². The summed E-state index contributed by atoms with van der Waals surface area (Å²) in [7, 11) is 0. The number of carbonyl (C=O) groups is 1. The van der Waals surface area contributed by atoms with E-state index in [0.29, 0.717) is 11.5 Å². The number of ether oxygens (including phenoxy) is 2. The maximum absolute atomic E-state index is 13.6. The Morgan fingerprint density at radius 3 is 2.61 bits per heavy atom. The van der Waals surface area contributed by atoms with E-state index < -0.39 is 12.6 Å². The second-order valence-corrected chi connectivity index (χ2v) is 6.73. The Balaban J connectivity index is 1.55. The average Bonchev–Trinajstić information content (AvgIpc) is 3.09. The van der Waals surface area contributed by atoms with Crippen LogP contribution >= 0.6 is 0 Å². The van der Waals surface area contributed by atoms with Gasteiger partial charge in [-0.15, -0.1) is 0 Å². The maximum Gasteiger partial charge on any atom is 0.341 e. The number of aryl methyl sites for hydroxylation is 1. The standard InChI is InChI=1S/C23H19FO4/c24-18-4-1-3-16(11-18)17-8-7-15-9-10-22(21(15)12-17)28-20-6-2-5-19(13-20)27-14-23(25)26/h1-8,11-13,22H,9-10,14H2,(H,25,26)/t22-/m1/s1. The zero-order valence-electron chi connectivity index (χ0n) is 15.1. The molecule has 4 nitrogen and oxygen atoms in total. The average molecular weight is 378 g/mol. The van der Waals surface area contributed by atoms with Crippen molar-refractivity contribution < 1.29 is 23.8 Å². The first-order valence-electron chi connectivity index (χ1n) is 9.08. The van der Waals surface area contributed by atoms with Gasteiger partial charge in [0.25, 0.3) is 0 Å². The van der Waals surface area contributed by atoms with E-state index in [9.17, 15) is 9.18 Å². The van der Waals surface area contributed by atoms with Crippen molar-refractivity contribution >= 4 is 5.97 Å². The Morgan fingerprint density at radius 1 is 1.00 bits per heavy atom. The van der Waals surface area contributed by atoms with E-state index in [2.05, 4.69) is 12.1 Å². The van der Waals surface area contributed by atoms with Crippen LogP contribution in [0.1, 0.15) is 23.7 Å². The van der Waals surface area contributed by atoms with Crippen molar-refractivity contribution in [3.8, 4) is 22.6 Å². The van der Waals surface area contributed by atoms with Gasteiger partial charge >= 0.3 is 5.97 Å². The lowest BCUT2D eigenvalue weighted by molar-refractivity contribution is -0.139. The van der Waals surface area contributed by atoms with Crippen molar-refractivity contribution in [3.05, 3.63) is 83.7 Å². The van der Waals surface area contributed by atoms with E-state index in [4.69, 9.17) is 14.6 Å². The van der Waals surface area contributed by atoms with Crippen LogP contribution in [0, 0.1) is 5.82 Å². The number of halogens is 1. The molecule has 1 atom stereocenters. The predicted molar refractivity (Wildman–Crippen MR) is 103 cm³/mol. The summed E-state index contributed by atoms with van der Waals surface area (Å²) in [6, 6.07) is 19.7. The first-order chi connectivity index (χ1) is 13.6. The Hall–Kier alpha value is -3.34. The van der Waals surface area contributed by atoms with E-state index in [1.165, 1.54) is 17.7 Å². The first-order valence-corrected chi connectivity index (χ1v) is 9.08. The Morgan fingerprint density at radius 2 is 1.79 bits per heavy atom. The van der Waals surface area contributed by atoms with Crippen LogP contribution in [-0.4, -0.2) is 17.7 Å². The quantitative estimate of drug-likeness (QED) is 0.654. The third-order valence-corrected chi connectivity index (χ3v) is 4.77. The van der Waals surface area contributed by atoms with E-state index in [-0.39, 0.29) is 11.9 Å². The van der Waals surface area contributed by atoms with Gasteiger partial charge in [-0.1, -0.05) is 30.3 Å². The molecule has 0 spiro atoms. The number of aliphatic carboxylic acids is 1. The highest BCUT2D eigenvalue weighted by atomic mass is 19.1. The zero-order chi connectivity index (χ0) is 19.5. The molecule has 3 aromatic carbocycles. The molecule has 0 heterocycles. The predicted octanol–water partition coefficient (Wildman–Crippen LogP) is 5.02. The molecule has 1 aliphatic rings. The van der Waals surface area contributed by atoms with Crippen LogP contribution in [0.15, 0.2) is 66.7 Å². The number of fused-ring (bicyclic) bond motifs is 1. The summed E-state index contributed by atoms with van der Waals surface area (Å²) in [5.41, 5.74) is 4.10. The van der Waals surface area contributed by atoms with E-state index in [1.54, 1.807) is 24.3 Å². The molecule has 142 valence electrons. The third kappa shape index (κ3) is 3.98. The van der Waals surface area contributed by atoms with Gasteiger partial charge < -0.3 is 14.6 Å². The molecule has 0 saturated heterocycles. The van der Waals surface area contributed by atoms with E-state index in [1.807, 2.05) is 18.2 Å². The molecule has 0 unspecified atom stereocenters. The Labute approximate surface area is 162 Å². The van der Waals surface area contributed by atoms with Crippen LogP contribution in [0.2, 0.25) is 0 Å². The number of hydrogen-bond donors (Lipinski definition) is 1. The van der Waals surface area contributed by atoms with Crippen molar-refractivity contribution in [2.24, 2.45) is 0 Å². The van der Waals surface area contributed by atoms with Gasteiger partial charge in [0, 0.05) is 6.07 Å². The fraction of sp³-hybridized carbons (Fsp3) is 0.174. The van der Waals surface area contributed by atoms with Crippen LogP contribution < -0.4 is 9.47 Å². The Bertz CT molecular complexity index is 1010. The van der Waals surface area contributed by atoms with Crippen molar-refractivity contribution in [3.63, 3.8) is 0 Å².